The number of amides is 1. The molecule has 0 rings (SSSR count). The molecule has 1 amide bonds. The van der Waals surface area contributed by atoms with Crippen molar-refractivity contribution in [1.29, 1.82) is 0 Å². The fraction of sp³-hybridized carbons (Fsp3) is 0.909. The van der Waals surface area contributed by atoms with Crippen LogP contribution in [0.5, 0.6) is 0 Å². The number of hydrogen-bond donors (Lipinski definition) is 1. The summed E-state index contributed by atoms with van der Waals surface area (Å²) in [5.41, 5.74) is 5.31. The second kappa shape index (κ2) is 5.35. The Kier molecular flexibility index (Phi) is 5.08. The highest BCUT2D eigenvalue weighted by Crippen LogP contribution is 2.12. The highest BCUT2D eigenvalue weighted by atomic mass is 16.6. The third-order valence-electron chi connectivity index (χ3n) is 2.22. The molecule has 2 atom stereocenters. The zero-order valence-electron chi connectivity index (χ0n) is 10.7. The summed E-state index contributed by atoms with van der Waals surface area (Å²) >= 11 is 0. The largest absolute Gasteiger partial charge is 0.444 e. The number of hydrogen-bond acceptors (Lipinski definition) is 3. The fourth-order valence-corrected chi connectivity index (χ4v) is 1.19. The molecule has 4 nitrogen and oxygen atoms in total. The van der Waals surface area contributed by atoms with Gasteiger partial charge in [-0.25, -0.2) is 4.79 Å². The van der Waals surface area contributed by atoms with Crippen molar-refractivity contribution in [2.75, 3.05) is 6.54 Å². The van der Waals surface area contributed by atoms with E-state index < -0.39 is 5.60 Å². The Balaban J connectivity index is 4.48. The molecule has 0 saturated carbocycles. The minimum Gasteiger partial charge on any atom is -0.444 e. The molecule has 0 heterocycles. The number of rotatable bonds is 3. The van der Waals surface area contributed by atoms with Crippen molar-refractivity contribution in [3.63, 3.8) is 0 Å². The average Bonchev–Trinajstić information content (AvgIpc) is 2.01. The molecule has 15 heavy (non-hydrogen) atoms. The Morgan fingerprint density at radius 1 is 1.40 bits per heavy atom. The molecule has 0 aliphatic carbocycles. The number of nitrogens with two attached hydrogens (primary N) is 1. The van der Waals surface area contributed by atoms with Crippen molar-refractivity contribution < 1.29 is 9.53 Å². The van der Waals surface area contributed by atoms with Gasteiger partial charge in [0.05, 0.1) is 0 Å². The number of likely N-dealkylation sites (N-methyl/N-ethyl adjacent to an activating group) is 1. The van der Waals surface area contributed by atoms with Crippen LogP contribution in [0, 0.1) is 0 Å². The molecule has 90 valence electrons. The zero-order valence-corrected chi connectivity index (χ0v) is 10.7. The number of nitrogens with zero attached hydrogens (tertiary/aromatic N) is 1. The van der Waals surface area contributed by atoms with E-state index in [4.69, 9.17) is 10.5 Å². The minimum absolute atomic E-state index is 0.00940. The SMILES string of the molecule is CCN(C(=O)OC(C)(C)C)[C@@H](C)C(C)N. The lowest BCUT2D eigenvalue weighted by molar-refractivity contribution is 0.0170. The van der Waals surface area contributed by atoms with E-state index in [0.717, 1.165) is 0 Å². The van der Waals surface area contributed by atoms with Crippen molar-refractivity contribution in [1.82, 2.24) is 4.90 Å². The molecule has 0 spiro atoms. The van der Waals surface area contributed by atoms with Crippen LogP contribution in [-0.2, 0) is 4.74 Å². The molecule has 0 aliphatic heterocycles. The van der Waals surface area contributed by atoms with Gasteiger partial charge in [-0.05, 0) is 41.5 Å². The van der Waals surface area contributed by atoms with Crippen molar-refractivity contribution in [2.24, 2.45) is 5.73 Å². The first-order valence-corrected chi connectivity index (χ1v) is 5.44. The van der Waals surface area contributed by atoms with Gasteiger partial charge in [-0.1, -0.05) is 0 Å². The lowest BCUT2D eigenvalue weighted by atomic mass is 10.1. The van der Waals surface area contributed by atoms with Gasteiger partial charge in [0.1, 0.15) is 5.60 Å². The molecule has 0 aromatic heterocycles. The third kappa shape index (κ3) is 5.02. The standard InChI is InChI=1S/C11H24N2O2/c1-7-13(9(3)8(2)12)10(14)15-11(4,5)6/h8-9H,7,12H2,1-6H3/t8?,9-/m0/s1. The Labute approximate surface area is 92.8 Å². The molecule has 2 N–H and O–H groups in total. The maximum Gasteiger partial charge on any atom is 0.410 e. The number of carbonyl (C=O) groups excluding carboxylic acids is 1. The summed E-state index contributed by atoms with van der Waals surface area (Å²) in [5.74, 6) is 0. The molecular weight excluding hydrogens is 192 g/mol. The van der Waals surface area contributed by atoms with Gasteiger partial charge in [-0.15, -0.1) is 0 Å². The van der Waals surface area contributed by atoms with Crippen molar-refractivity contribution >= 4 is 6.09 Å². The topological polar surface area (TPSA) is 55.6 Å². The lowest BCUT2D eigenvalue weighted by Crippen LogP contribution is -2.49. The van der Waals surface area contributed by atoms with Gasteiger partial charge in [0, 0.05) is 18.6 Å². The minimum atomic E-state index is -0.456. The fourth-order valence-electron chi connectivity index (χ4n) is 1.19. The molecule has 0 aromatic rings. The Hall–Kier alpha value is -0.770. The average molecular weight is 216 g/mol. The predicted octanol–water partition coefficient (Wildman–Crippen LogP) is 1.98. The molecule has 4 heteroatoms. The quantitative estimate of drug-likeness (QED) is 0.784. The van der Waals surface area contributed by atoms with Gasteiger partial charge in [0.2, 0.25) is 0 Å². The molecule has 0 aliphatic rings. The van der Waals surface area contributed by atoms with Gasteiger partial charge in [0.25, 0.3) is 0 Å². The van der Waals surface area contributed by atoms with Crippen molar-refractivity contribution in [3.8, 4) is 0 Å². The van der Waals surface area contributed by atoms with Crippen LogP contribution in [0.2, 0.25) is 0 Å². The van der Waals surface area contributed by atoms with Crippen LogP contribution < -0.4 is 5.73 Å². The van der Waals surface area contributed by atoms with Crippen LogP contribution in [0.1, 0.15) is 41.5 Å². The number of ether oxygens (including phenoxy) is 1. The predicted molar refractivity (Wildman–Crippen MR) is 61.7 cm³/mol. The lowest BCUT2D eigenvalue weighted by Gasteiger charge is -2.32. The van der Waals surface area contributed by atoms with Crippen LogP contribution in [0.25, 0.3) is 0 Å². The van der Waals surface area contributed by atoms with Crippen LogP contribution >= 0.6 is 0 Å². The highest BCUT2D eigenvalue weighted by molar-refractivity contribution is 5.68. The summed E-state index contributed by atoms with van der Waals surface area (Å²) in [7, 11) is 0. The summed E-state index contributed by atoms with van der Waals surface area (Å²) in [5, 5.41) is 0. The van der Waals surface area contributed by atoms with E-state index in [9.17, 15) is 4.79 Å². The monoisotopic (exact) mass is 216 g/mol. The zero-order chi connectivity index (χ0) is 12.2. The second-order valence-electron chi connectivity index (χ2n) is 4.87. The Bertz CT molecular complexity index is 209. The first-order valence-electron chi connectivity index (χ1n) is 5.44. The summed E-state index contributed by atoms with van der Waals surface area (Å²) in [6, 6.07) is -0.0673. The highest BCUT2D eigenvalue weighted by Gasteiger charge is 2.26. The first kappa shape index (κ1) is 14.2. The summed E-state index contributed by atoms with van der Waals surface area (Å²) < 4.78 is 5.29. The van der Waals surface area contributed by atoms with Crippen LogP contribution in [0.3, 0.4) is 0 Å². The van der Waals surface area contributed by atoms with Gasteiger partial charge in [-0.3, -0.25) is 0 Å². The normalized spacial score (nSPS) is 15.7. The smallest absolute Gasteiger partial charge is 0.410 e. The van der Waals surface area contributed by atoms with Gasteiger partial charge in [0.15, 0.2) is 0 Å². The van der Waals surface area contributed by atoms with E-state index in [1.54, 1.807) is 4.90 Å². The molecule has 1 unspecified atom stereocenters. The summed E-state index contributed by atoms with van der Waals surface area (Å²) in [4.78, 5) is 13.4. The van der Waals surface area contributed by atoms with Crippen molar-refractivity contribution in [2.45, 2.75) is 59.2 Å². The van der Waals surface area contributed by atoms with Gasteiger partial charge in [-0.2, -0.15) is 0 Å². The van der Waals surface area contributed by atoms with E-state index in [0.29, 0.717) is 6.54 Å². The van der Waals surface area contributed by atoms with E-state index >= 15 is 0 Å². The van der Waals surface area contributed by atoms with Crippen LogP contribution in [0.4, 0.5) is 4.79 Å². The number of carbonyl (C=O) groups is 1. The molecule has 0 aromatic carbocycles. The Morgan fingerprint density at radius 3 is 2.13 bits per heavy atom. The van der Waals surface area contributed by atoms with E-state index in [-0.39, 0.29) is 18.2 Å². The summed E-state index contributed by atoms with van der Waals surface area (Å²) in [6.45, 7) is 11.9. The van der Waals surface area contributed by atoms with Gasteiger partial charge >= 0.3 is 6.09 Å². The van der Waals surface area contributed by atoms with E-state index in [1.165, 1.54) is 0 Å². The van der Waals surface area contributed by atoms with E-state index in [2.05, 4.69) is 0 Å². The molecule has 0 bridgehead atoms. The first-order chi connectivity index (χ1) is 6.69. The summed E-state index contributed by atoms with van der Waals surface area (Å²) in [6.07, 6.45) is -0.296. The molecule has 0 saturated heterocycles. The molecular formula is C11H24N2O2. The van der Waals surface area contributed by atoms with Crippen LogP contribution in [0.15, 0.2) is 0 Å². The van der Waals surface area contributed by atoms with Gasteiger partial charge < -0.3 is 15.4 Å². The van der Waals surface area contributed by atoms with E-state index in [1.807, 2.05) is 41.5 Å². The maximum absolute atomic E-state index is 11.8. The second-order valence-corrected chi connectivity index (χ2v) is 4.87. The Morgan fingerprint density at radius 2 is 1.87 bits per heavy atom. The maximum atomic E-state index is 11.8. The third-order valence-corrected chi connectivity index (χ3v) is 2.22. The molecule has 0 fully saturated rings. The van der Waals surface area contributed by atoms with Crippen LogP contribution in [-0.4, -0.2) is 35.2 Å². The molecule has 0 radical (unpaired) electrons. The van der Waals surface area contributed by atoms with Crippen molar-refractivity contribution in [3.05, 3.63) is 0 Å².